The second kappa shape index (κ2) is 7.89. The van der Waals surface area contributed by atoms with Gasteiger partial charge in [0, 0.05) is 31.0 Å². The molecule has 1 aliphatic heterocycles. The van der Waals surface area contributed by atoms with Gasteiger partial charge in [0.25, 0.3) is 0 Å². The van der Waals surface area contributed by atoms with Gasteiger partial charge in [-0.1, -0.05) is 12.8 Å². The van der Waals surface area contributed by atoms with Gasteiger partial charge in [0.15, 0.2) is 0 Å². The number of H-pyrrole nitrogens is 1. The third-order valence-corrected chi connectivity index (χ3v) is 5.18. The van der Waals surface area contributed by atoms with Crippen molar-refractivity contribution in [3.63, 3.8) is 0 Å². The van der Waals surface area contributed by atoms with E-state index in [4.69, 9.17) is 0 Å². The van der Waals surface area contributed by atoms with Gasteiger partial charge in [0.05, 0.1) is 17.6 Å². The van der Waals surface area contributed by atoms with Crippen molar-refractivity contribution in [2.24, 2.45) is 5.92 Å². The maximum Gasteiger partial charge on any atom is 0.317 e. The lowest BCUT2D eigenvalue weighted by atomic mass is 9.94. The van der Waals surface area contributed by atoms with Crippen LogP contribution >= 0.6 is 0 Å². The predicted octanol–water partition coefficient (Wildman–Crippen LogP) is 2.84. The van der Waals surface area contributed by atoms with Gasteiger partial charge in [-0.15, -0.1) is 0 Å². The summed E-state index contributed by atoms with van der Waals surface area (Å²) >= 11 is 0. The number of urea groups is 1. The van der Waals surface area contributed by atoms with E-state index in [0.717, 1.165) is 56.5 Å². The van der Waals surface area contributed by atoms with E-state index in [2.05, 4.69) is 20.8 Å². The molecule has 3 rings (SSSR count). The van der Waals surface area contributed by atoms with Crippen LogP contribution in [0.4, 0.5) is 10.5 Å². The average Bonchev–Trinajstić information content (AvgIpc) is 3.26. The first-order chi connectivity index (χ1) is 12.0. The highest BCUT2D eigenvalue weighted by Crippen LogP contribution is 2.32. The van der Waals surface area contributed by atoms with E-state index in [1.165, 1.54) is 0 Å². The van der Waals surface area contributed by atoms with Crippen LogP contribution in [0.5, 0.6) is 0 Å². The minimum absolute atomic E-state index is 0.0178. The maximum absolute atomic E-state index is 12.4. The van der Waals surface area contributed by atoms with Gasteiger partial charge in [-0.2, -0.15) is 5.10 Å². The zero-order valence-electron chi connectivity index (χ0n) is 15.2. The molecule has 1 atom stereocenters. The minimum Gasteiger partial charge on any atom is -0.336 e. The van der Waals surface area contributed by atoms with E-state index in [1.807, 2.05) is 18.7 Å². The summed E-state index contributed by atoms with van der Waals surface area (Å²) in [5.74, 6) is 0.404. The first-order valence-electron chi connectivity index (χ1n) is 9.44. The fourth-order valence-electron chi connectivity index (χ4n) is 3.87. The van der Waals surface area contributed by atoms with Crippen LogP contribution in [0.1, 0.15) is 64.0 Å². The normalized spacial score (nSPS) is 21.6. The van der Waals surface area contributed by atoms with Gasteiger partial charge >= 0.3 is 6.03 Å². The zero-order chi connectivity index (χ0) is 17.8. The van der Waals surface area contributed by atoms with Crippen molar-refractivity contribution in [3.8, 4) is 0 Å². The average molecular weight is 347 g/mol. The number of anilines is 1. The molecule has 7 heteroatoms. The summed E-state index contributed by atoms with van der Waals surface area (Å²) in [5.41, 5.74) is 1.71. The monoisotopic (exact) mass is 347 g/mol. The summed E-state index contributed by atoms with van der Waals surface area (Å²) in [7, 11) is 0. The van der Waals surface area contributed by atoms with Crippen LogP contribution in [-0.4, -0.2) is 46.2 Å². The van der Waals surface area contributed by atoms with Gasteiger partial charge in [-0.3, -0.25) is 9.89 Å². The number of aromatic nitrogens is 2. The maximum atomic E-state index is 12.4. The number of likely N-dealkylation sites (tertiary alicyclic amines) is 1. The van der Waals surface area contributed by atoms with Crippen LogP contribution < -0.4 is 10.6 Å². The Kier molecular flexibility index (Phi) is 5.60. The zero-order valence-corrected chi connectivity index (χ0v) is 15.2. The van der Waals surface area contributed by atoms with Gasteiger partial charge in [-0.05, 0) is 39.5 Å². The van der Waals surface area contributed by atoms with E-state index in [-0.39, 0.29) is 29.8 Å². The number of carbonyl (C=O) groups excluding carboxylic acids is 2. The molecule has 2 aliphatic rings. The fraction of sp³-hybridized carbons (Fsp3) is 0.722. The van der Waals surface area contributed by atoms with Crippen molar-refractivity contribution in [1.29, 1.82) is 0 Å². The second-order valence-electron chi connectivity index (χ2n) is 7.56. The largest absolute Gasteiger partial charge is 0.336 e. The Bertz CT molecular complexity index is 606. The molecule has 0 radical (unpaired) electrons. The number of amides is 3. The molecular weight excluding hydrogens is 318 g/mol. The molecule has 0 aromatic carbocycles. The fourth-order valence-corrected chi connectivity index (χ4v) is 3.87. The van der Waals surface area contributed by atoms with Crippen LogP contribution in [-0.2, 0) is 4.79 Å². The summed E-state index contributed by atoms with van der Waals surface area (Å²) < 4.78 is 0. The Hall–Kier alpha value is -2.05. The minimum atomic E-state index is -0.0178. The standard InChI is InChI=1S/C18H29N5O2/c1-12(2)20-18(25)23-9-5-8-14(11-23)16-15(10-19-22-16)21-17(24)13-6-3-4-7-13/h10,12-14H,3-9,11H2,1-2H3,(H,19,22)(H,20,25)(H,21,24). The third-order valence-electron chi connectivity index (χ3n) is 5.18. The number of hydrogen-bond acceptors (Lipinski definition) is 3. The van der Waals surface area contributed by atoms with Crippen molar-refractivity contribution in [3.05, 3.63) is 11.9 Å². The summed E-state index contributed by atoms with van der Waals surface area (Å²) in [6, 6.07) is 0.108. The van der Waals surface area contributed by atoms with Crippen LogP contribution in [0.2, 0.25) is 0 Å². The Morgan fingerprint density at radius 3 is 2.72 bits per heavy atom. The van der Waals surface area contributed by atoms with Gasteiger partial charge in [-0.25, -0.2) is 4.79 Å². The molecule has 2 fully saturated rings. The van der Waals surface area contributed by atoms with E-state index in [1.54, 1.807) is 6.20 Å². The predicted molar refractivity (Wildman–Crippen MR) is 96.4 cm³/mol. The van der Waals surface area contributed by atoms with Gasteiger partial charge < -0.3 is 15.5 Å². The van der Waals surface area contributed by atoms with Crippen molar-refractivity contribution < 1.29 is 9.59 Å². The number of hydrogen-bond donors (Lipinski definition) is 3. The first kappa shape index (κ1) is 17.8. The number of nitrogens with zero attached hydrogens (tertiary/aromatic N) is 2. The van der Waals surface area contributed by atoms with Crippen molar-refractivity contribution in [2.45, 2.75) is 64.3 Å². The Morgan fingerprint density at radius 2 is 2.00 bits per heavy atom. The SMILES string of the molecule is CC(C)NC(=O)N1CCCC(c2[nH]ncc2NC(=O)C2CCCC2)C1. The summed E-state index contributed by atoms with van der Waals surface area (Å²) in [5, 5.41) is 13.2. The molecule has 0 spiro atoms. The molecule has 0 bridgehead atoms. The van der Waals surface area contributed by atoms with E-state index < -0.39 is 0 Å². The summed E-state index contributed by atoms with van der Waals surface area (Å²) in [4.78, 5) is 26.6. The quantitative estimate of drug-likeness (QED) is 0.782. The number of rotatable bonds is 4. The number of nitrogens with one attached hydrogen (secondary N) is 3. The van der Waals surface area contributed by atoms with Crippen molar-refractivity contribution in [1.82, 2.24) is 20.4 Å². The highest BCUT2D eigenvalue weighted by atomic mass is 16.2. The lowest BCUT2D eigenvalue weighted by Crippen LogP contribution is -2.47. The lowest BCUT2D eigenvalue weighted by molar-refractivity contribution is -0.119. The molecule has 3 amide bonds. The number of piperidine rings is 1. The molecule has 1 aromatic rings. The van der Waals surface area contributed by atoms with Gasteiger partial charge in [0.2, 0.25) is 5.91 Å². The highest BCUT2D eigenvalue weighted by Gasteiger charge is 2.29. The molecular formula is C18H29N5O2. The summed E-state index contributed by atoms with van der Waals surface area (Å²) in [6.45, 7) is 5.34. The van der Waals surface area contributed by atoms with E-state index in [9.17, 15) is 9.59 Å². The second-order valence-corrected chi connectivity index (χ2v) is 7.56. The molecule has 1 unspecified atom stereocenters. The molecule has 25 heavy (non-hydrogen) atoms. The number of carbonyl (C=O) groups is 2. The first-order valence-corrected chi connectivity index (χ1v) is 9.44. The van der Waals surface area contributed by atoms with Gasteiger partial charge in [0.1, 0.15) is 0 Å². The Labute approximate surface area is 148 Å². The topological polar surface area (TPSA) is 90.1 Å². The van der Waals surface area contributed by atoms with Crippen molar-refractivity contribution in [2.75, 3.05) is 18.4 Å². The van der Waals surface area contributed by atoms with E-state index in [0.29, 0.717) is 6.54 Å². The Balaban J connectivity index is 1.64. The highest BCUT2D eigenvalue weighted by molar-refractivity contribution is 5.93. The third kappa shape index (κ3) is 4.32. The Morgan fingerprint density at radius 1 is 1.24 bits per heavy atom. The molecule has 1 saturated heterocycles. The van der Waals surface area contributed by atoms with Crippen LogP contribution in [0, 0.1) is 5.92 Å². The molecule has 3 N–H and O–H groups in total. The number of aromatic amines is 1. The molecule has 1 aromatic heterocycles. The summed E-state index contributed by atoms with van der Waals surface area (Å²) in [6.07, 6.45) is 7.86. The van der Waals surface area contributed by atoms with Crippen LogP contribution in [0.15, 0.2) is 6.20 Å². The molecule has 7 nitrogen and oxygen atoms in total. The van der Waals surface area contributed by atoms with E-state index >= 15 is 0 Å². The molecule has 138 valence electrons. The molecule has 1 aliphatic carbocycles. The van der Waals surface area contributed by atoms with Crippen LogP contribution in [0.3, 0.4) is 0 Å². The molecule has 2 heterocycles. The van der Waals surface area contributed by atoms with Crippen LogP contribution in [0.25, 0.3) is 0 Å². The smallest absolute Gasteiger partial charge is 0.317 e. The molecule has 1 saturated carbocycles. The lowest BCUT2D eigenvalue weighted by Gasteiger charge is -2.33. The van der Waals surface area contributed by atoms with Crippen molar-refractivity contribution >= 4 is 17.6 Å².